The van der Waals surface area contributed by atoms with E-state index in [1.54, 1.807) is 0 Å². The van der Waals surface area contributed by atoms with Gasteiger partial charge in [0.15, 0.2) is 0 Å². The van der Waals surface area contributed by atoms with Crippen LogP contribution in [0.3, 0.4) is 0 Å². The van der Waals surface area contributed by atoms with E-state index in [0.29, 0.717) is 12.1 Å². The van der Waals surface area contributed by atoms with Gasteiger partial charge in [-0.2, -0.15) is 0 Å². The maximum atomic E-state index is 6.04. The van der Waals surface area contributed by atoms with Crippen LogP contribution < -0.4 is 5.32 Å². The second kappa shape index (κ2) is 5.04. The van der Waals surface area contributed by atoms with E-state index in [-0.39, 0.29) is 0 Å². The number of thiophene rings is 1. The van der Waals surface area contributed by atoms with Gasteiger partial charge < -0.3 is 5.32 Å². The molecule has 0 spiro atoms. The van der Waals surface area contributed by atoms with Gasteiger partial charge in [0, 0.05) is 22.0 Å². The van der Waals surface area contributed by atoms with Crippen molar-refractivity contribution in [1.29, 1.82) is 0 Å². The Morgan fingerprint density at radius 2 is 2.11 bits per heavy atom. The van der Waals surface area contributed by atoms with E-state index in [0.717, 1.165) is 17.9 Å². The van der Waals surface area contributed by atoms with Crippen LogP contribution in [0.2, 0.25) is 5.02 Å². The quantitative estimate of drug-likeness (QED) is 0.886. The summed E-state index contributed by atoms with van der Waals surface area (Å²) in [5.41, 5.74) is 2.84. The highest BCUT2D eigenvalue weighted by Gasteiger charge is 2.23. The molecule has 0 aliphatic heterocycles. The first kappa shape index (κ1) is 12.2. The molecule has 94 valence electrons. The minimum absolute atomic E-state index is 0.430. The molecule has 1 heterocycles. The third kappa shape index (κ3) is 2.46. The van der Waals surface area contributed by atoms with Crippen LogP contribution >= 0.6 is 22.9 Å². The highest BCUT2D eigenvalue weighted by molar-refractivity contribution is 7.10. The highest BCUT2D eigenvalue weighted by atomic mass is 35.5. The summed E-state index contributed by atoms with van der Waals surface area (Å²) < 4.78 is 0. The van der Waals surface area contributed by atoms with E-state index in [9.17, 15) is 0 Å². The van der Waals surface area contributed by atoms with E-state index < -0.39 is 0 Å². The number of halogens is 1. The molecule has 1 aliphatic rings. The van der Waals surface area contributed by atoms with E-state index in [4.69, 9.17) is 11.6 Å². The number of nitrogens with one attached hydrogen (secondary N) is 1. The Balaban J connectivity index is 1.67. The number of hydrogen-bond acceptors (Lipinski definition) is 2. The molecule has 1 aromatic heterocycles. The van der Waals surface area contributed by atoms with Gasteiger partial charge in [-0.25, -0.2) is 0 Å². The first-order valence-corrected chi connectivity index (χ1v) is 7.55. The van der Waals surface area contributed by atoms with Crippen molar-refractivity contribution in [3.05, 3.63) is 56.7 Å². The molecule has 0 bridgehead atoms. The van der Waals surface area contributed by atoms with Crippen LogP contribution in [-0.4, -0.2) is 6.04 Å². The third-order valence-corrected chi connectivity index (χ3v) is 4.85. The molecule has 0 saturated heterocycles. The Bertz CT molecular complexity index is 535. The van der Waals surface area contributed by atoms with Gasteiger partial charge in [-0.1, -0.05) is 23.7 Å². The van der Waals surface area contributed by atoms with Crippen LogP contribution in [-0.2, 0) is 12.8 Å². The Morgan fingerprint density at radius 1 is 1.28 bits per heavy atom. The number of hydrogen-bond donors (Lipinski definition) is 1. The van der Waals surface area contributed by atoms with Crippen LogP contribution in [0.25, 0.3) is 0 Å². The summed E-state index contributed by atoms with van der Waals surface area (Å²) in [4.78, 5) is 1.41. The topological polar surface area (TPSA) is 12.0 Å². The van der Waals surface area contributed by atoms with E-state index >= 15 is 0 Å². The van der Waals surface area contributed by atoms with Gasteiger partial charge in [0.05, 0.1) is 0 Å². The zero-order valence-corrected chi connectivity index (χ0v) is 11.9. The zero-order chi connectivity index (χ0) is 12.5. The molecule has 0 amide bonds. The van der Waals surface area contributed by atoms with Crippen LogP contribution in [0.5, 0.6) is 0 Å². The molecule has 0 saturated carbocycles. The van der Waals surface area contributed by atoms with Crippen molar-refractivity contribution in [3.8, 4) is 0 Å². The molecule has 1 aromatic carbocycles. The summed E-state index contributed by atoms with van der Waals surface area (Å²) in [6.07, 6.45) is 2.20. The number of rotatable bonds is 3. The smallest absolute Gasteiger partial charge is 0.0408 e. The Labute approximate surface area is 117 Å². The molecule has 1 nitrogen and oxygen atoms in total. The van der Waals surface area contributed by atoms with Crippen molar-refractivity contribution in [3.63, 3.8) is 0 Å². The van der Waals surface area contributed by atoms with Crippen LogP contribution in [0, 0.1) is 0 Å². The summed E-state index contributed by atoms with van der Waals surface area (Å²) in [6, 6.07) is 11.5. The molecule has 0 radical (unpaired) electrons. The van der Waals surface area contributed by atoms with Crippen molar-refractivity contribution in [1.82, 2.24) is 5.32 Å². The van der Waals surface area contributed by atoms with Crippen LogP contribution in [0.15, 0.2) is 35.7 Å². The molecule has 0 fully saturated rings. The van der Waals surface area contributed by atoms with E-state index in [2.05, 4.69) is 41.9 Å². The minimum Gasteiger partial charge on any atom is -0.306 e. The normalized spacial score (nSPS) is 19.8. The maximum Gasteiger partial charge on any atom is 0.0408 e. The van der Waals surface area contributed by atoms with Gasteiger partial charge in [0.1, 0.15) is 0 Å². The monoisotopic (exact) mass is 277 g/mol. The number of fused-ring (bicyclic) bond motifs is 1. The molecule has 3 rings (SSSR count). The Hall–Kier alpha value is -0.830. The average Bonchev–Trinajstić information content (AvgIpc) is 2.95. The van der Waals surface area contributed by atoms with Crippen molar-refractivity contribution in [2.24, 2.45) is 0 Å². The van der Waals surface area contributed by atoms with Gasteiger partial charge in [-0.15, -0.1) is 11.3 Å². The second-order valence-corrected chi connectivity index (χ2v) is 6.34. The standard InChI is InChI=1S/C15H16ClNS/c1-10(15-3-2-6-18-15)17-14-8-11-4-5-13(16)7-12(11)9-14/h2-7,10,14,17H,8-9H2,1H3. The second-order valence-electron chi connectivity index (χ2n) is 4.92. The molecule has 2 aromatic rings. The summed E-state index contributed by atoms with van der Waals surface area (Å²) in [6.45, 7) is 2.24. The van der Waals surface area contributed by atoms with Gasteiger partial charge in [0.25, 0.3) is 0 Å². The molecule has 2 unspecified atom stereocenters. The first-order valence-electron chi connectivity index (χ1n) is 6.29. The lowest BCUT2D eigenvalue weighted by molar-refractivity contribution is 0.472. The largest absolute Gasteiger partial charge is 0.306 e. The van der Waals surface area contributed by atoms with Crippen LogP contribution in [0.1, 0.15) is 29.0 Å². The van der Waals surface area contributed by atoms with Crippen molar-refractivity contribution in [2.45, 2.75) is 31.8 Å². The average molecular weight is 278 g/mol. The summed E-state index contributed by atoms with van der Waals surface area (Å²) >= 11 is 7.86. The van der Waals surface area contributed by atoms with Crippen LogP contribution in [0.4, 0.5) is 0 Å². The molecule has 1 aliphatic carbocycles. The lowest BCUT2D eigenvalue weighted by Crippen LogP contribution is -2.31. The minimum atomic E-state index is 0.430. The van der Waals surface area contributed by atoms with Crippen molar-refractivity contribution >= 4 is 22.9 Å². The Morgan fingerprint density at radius 3 is 2.89 bits per heavy atom. The van der Waals surface area contributed by atoms with E-state index in [1.807, 2.05) is 17.4 Å². The molecule has 3 heteroatoms. The summed E-state index contributed by atoms with van der Waals surface area (Å²) in [7, 11) is 0. The van der Waals surface area contributed by atoms with Gasteiger partial charge in [-0.05, 0) is 54.5 Å². The highest BCUT2D eigenvalue weighted by Crippen LogP contribution is 2.27. The van der Waals surface area contributed by atoms with Gasteiger partial charge in [0.2, 0.25) is 0 Å². The molecule has 2 atom stereocenters. The molecular weight excluding hydrogens is 262 g/mol. The summed E-state index contributed by atoms with van der Waals surface area (Å²) in [5.74, 6) is 0. The predicted molar refractivity (Wildman–Crippen MR) is 78.5 cm³/mol. The summed E-state index contributed by atoms with van der Waals surface area (Å²) in [5, 5.41) is 6.70. The van der Waals surface area contributed by atoms with Crippen molar-refractivity contribution in [2.75, 3.05) is 0 Å². The SMILES string of the molecule is CC(NC1Cc2ccc(Cl)cc2C1)c1cccs1. The fourth-order valence-electron chi connectivity index (χ4n) is 2.68. The predicted octanol–water partition coefficient (Wildman–Crippen LogP) is 4.22. The fraction of sp³-hybridized carbons (Fsp3) is 0.333. The molecular formula is C15H16ClNS. The zero-order valence-electron chi connectivity index (χ0n) is 10.3. The molecule has 18 heavy (non-hydrogen) atoms. The first-order chi connectivity index (χ1) is 8.72. The third-order valence-electron chi connectivity index (χ3n) is 3.56. The Kier molecular flexibility index (Phi) is 3.42. The molecule has 1 N–H and O–H groups in total. The van der Waals surface area contributed by atoms with E-state index in [1.165, 1.54) is 16.0 Å². The fourth-order valence-corrected chi connectivity index (χ4v) is 3.62. The lowest BCUT2D eigenvalue weighted by atomic mass is 10.1. The van der Waals surface area contributed by atoms with Gasteiger partial charge in [-0.3, -0.25) is 0 Å². The van der Waals surface area contributed by atoms with Crippen molar-refractivity contribution < 1.29 is 0 Å². The lowest BCUT2D eigenvalue weighted by Gasteiger charge is -2.18. The maximum absolute atomic E-state index is 6.04. The number of benzene rings is 1. The van der Waals surface area contributed by atoms with Gasteiger partial charge >= 0.3 is 0 Å².